The van der Waals surface area contributed by atoms with Gasteiger partial charge in [-0.3, -0.25) is 9.59 Å². The highest BCUT2D eigenvalue weighted by Crippen LogP contribution is 2.30. The molecule has 1 aliphatic carbocycles. The first-order valence-corrected chi connectivity index (χ1v) is 4.08. The summed E-state index contributed by atoms with van der Waals surface area (Å²) in [5.74, 6) is -0.712. The lowest BCUT2D eigenvalue weighted by molar-refractivity contribution is -0.139. The minimum atomic E-state index is -0.782. The van der Waals surface area contributed by atoms with Crippen LogP contribution in [0.15, 0.2) is 0 Å². The molecule has 12 heavy (non-hydrogen) atoms. The summed E-state index contributed by atoms with van der Waals surface area (Å²) >= 11 is 0. The third-order valence-electron chi connectivity index (χ3n) is 2.24. The smallest absolute Gasteiger partial charge is 0.303 e. The number of aliphatic carboxylic acids is 1. The molecule has 0 aromatic rings. The summed E-state index contributed by atoms with van der Waals surface area (Å²) in [5.41, 5.74) is 0. The topological polar surface area (TPSA) is 66.4 Å². The summed E-state index contributed by atoms with van der Waals surface area (Å²) in [6.45, 7) is 1.45. The van der Waals surface area contributed by atoms with Crippen LogP contribution in [0.5, 0.6) is 0 Å². The van der Waals surface area contributed by atoms with E-state index in [0.717, 1.165) is 12.8 Å². The average molecular weight is 171 g/mol. The second-order valence-corrected chi connectivity index (χ2v) is 3.24. The van der Waals surface area contributed by atoms with Gasteiger partial charge >= 0.3 is 5.97 Å². The Bertz CT molecular complexity index is 180. The molecule has 0 saturated heterocycles. The predicted octanol–water partition coefficient (Wildman–Crippen LogP) is 0.376. The van der Waals surface area contributed by atoms with Gasteiger partial charge in [0.2, 0.25) is 5.91 Å². The van der Waals surface area contributed by atoms with Crippen molar-refractivity contribution in [1.29, 1.82) is 0 Å². The van der Waals surface area contributed by atoms with Crippen LogP contribution in [0.4, 0.5) is 0 Å². The fourth-order valence-corrected chi connectivity index (χ4v) is 1.49. The van der Waals surface area contributed by atoms with Crippen molar-refractivity contribution >= 4 is 11.9 Å². The Morgan fingerprint density at radius 2 is 2.17 bits per heavy atom. The van der Waals surface area contributed by atoms with Gasteiger partial charge in [0.05, 0.1) is 6.42 Å². The lowest BCUT2D eigenvalue weighted by Crippen LogP contribution is -2.46. The summed E-state index contributed by atoms with van der Waals surface area (Å²) in [7, 11) is 0. The van der Waals surface area contributed by atoms with Gasteiger partial charge in [0, 0.05) is 13.0 Å². The van der Waals surface area contributed by atoms with E-state index in [0.29, 0.717) is 0 Å². The molecule has 0 unspecified atom stereocenters. The van der Waals surface area contributed by atoms with E-state index < -0.39 is 5.97 Å². The van der Waals surface area contributed by atoms with Gasteiger partial charge in [-0.05, 0) is 18.8 Å². The Hall–Kier alpha value is -1.06. The molecule has 0 aliphatic heterocycles. The maximum Gasteiger partial charge on any atom is 0.303 e. The summed E-state index contributed by atoms with van der Waals surface area (Å²) in [6.07, 6.45) is 2.00. The van der Waals surface area contributed by atoms with Crippen LogP contribution >= 0.6 is 0 Å². The lowest BCUT2D eigenvalue weighted by atomic mass is 9.77. The minimum absolute atomic E-state index is 0.0740. The Morgan fingerprint density at radius 1 is 1.50 bits per heavy atom. The van der Waals surface area contributed by atoms with E-state index in [-0.39, 0.29) is 24.3 Å². The van der Waals surface area contributed by atoms with E-state index in [1.165, 1.54) is 6.92 Å². The number of carboxylic acids is 1. The van der Waals surface area contributed by atoms with E-state index in [1.54, 1.807) is 0 Å². The van der Waals surface area contributed by atoms with Gasteiger partial charge in [-0.1, -0.05) is 0 Å². The zero-order valence-corrected chi connectivity index (χ0v) is 7.04. The molecule has 0 aromatic carbocycles. The molecule has 0 spiro atoms. The first-order chi connectivity index (χ1) is 5.59. The molecule has 1 aliphatic rings. The fourth-order valence-electron chi connectivity index (χ4n) is 1.49. The molecule has 0 bridgehead atoms. The maximum absolute atomic E-state index is 10.6. The molecule has 0 heterocycles. The Balaban J connectivity index is 2.29. The van der Waals surface area contributed by atoms with Gasteiger partial charge < -0.3 is 10.4 Å². The van der Waals surface area contributed by atoms with E-state index >= 15 is 0 Å². The van der Waals surface area contributed by atoms with Gasteiger partial charge in [-0.25, -0.2) is 0 Å². The highest BCUT2D eigenvalue weighted by atomic mass is 16.4. The third kappa shape index (κ3) is 2.22. The van der Waals surface area contributed by atoms with Gasteiger partial charge in [-0.15, -0.1) is 0 Å². The molecule has 4 nitrogen and oxygen atoms in total. The Morgan fingerprint density at radius 3 is 2.50 bits per heavy atom. The average Bonchev–Trinajstić information content (AvgIpc) is 1.93. The van der Waals surface area contributed by atoms with Crippen LogP contribution in [0.25, 0.3) is 0 Å². The van der Waals surface area contributed by atoms with Crippen molar-refractivity contribution in [3.8, 4) is 0 Å². The number of hydrogen-bond donors (Lipinski definition) is 2. The van der Waals surface area contributed by atoms with Crippen LogP contribution in [-0.4, -0.2) is 23.0 Å². The maximum atomic E-state index is 10.6. The zero-order valence-electron chi connectivity index (χ0n) is 7.04. The molecule has 1 fully saturated rings. The van der Waals surface area contributed by atoms with Crippen molar-refractivity contribution < 1.29 is 14.7 Å². The van der Waals surface area contributed by atoms with Crippen molar-refractivity contribution in [1.82, 2.24) is 5.32 Å². The summed E-state index contributed by atoms with van der Waals surface area (Å²) in [5, 5.41) is 11.2. The monoisotopic (exact) mass is 171 g/mol. The van der Waals surface area contributed by atoms with E-state index in [4.69, 9.17) is 5.11 Å². The van der Waals surface area contributed by atoms with Crippen molar-refractivity contribution in [3.05, 3.63) is 0 Å². The molecule has 1 saturated carbocycles. The summed E-state index contributed by atoms with van der Waals surface area (Å²) in [6, 6.07) is 0.0959. The number of amides is 1. The molecule has 2 N–H and O–H groups in total. The summed E-state index contributed by atoms with van der Waals surface area (Å²) in [4.78, 5) is 20.9. The van der Waals surface area contributed by atoms with Crippen LogP contribution in [0, 0.1) is 5.92 Å². The second kappa shape index (κ2) is 3.56. The number of nitrogens with one attached hydrogen (secondary N) is 1. The predicted molar refractivity (Wildman–Crippen MR) is 42.6 cm³/mol. The SMILES string of the molecule is CC(=O)N[C@H]1CC[C@H]1CC(=O)O. The van der Waals surface area contributed by atoms with Crippen LogP contribution < -0.4 is 5.32 Å². The van der Waals surface area contributed by atoms with Crippen molar-refractivity contribution in [2.45, 2.75) is 32.2 Å². The van der Waals surface area contributed by atoms with E-state index in [9.17, 15) is 9.59 Å². The van der Waals surface area contributed by atoms with Crippen LogP contribution in [0.3, 0.4) is 0 Å². The van der Waals surface area contributed by atoms with Crippen molar-refractivity contribution in [2.24, 2.45) is 5.92 Å². The quantitative estimate of drug-likeness (QED) is 0.645. The normalized spacial score (nSPS) is 27.4. The Labute approximate surface area is 71.0 Å². The number of hydrogen-bond acceptors (Lipinski definition) is 2. The molecule has 1 rings (SSSR count). The van der Waals surface area contributed by atoms with Crippen molar-refractivity contribution in [2.75, 3.05) is 0 Å². The molecular formula is C8H13NO3. The highest BCUT2D eigenvalue weighted by Gasteiger charge is 2.32. The van der Waals surface area contributed by atoms with Gasteiger partial charge in [-0.2, -0.15) is 0 Å². The van der Waals surface area contributed by atoms with E-state index in [2.05, 4.69) is 5.32 Å². The van der Waals surface area contributed by atoms with Gasteiger partial charge in [0.15, 0.2) is 0 Å². The molecule has 0 aromatic heterocycles. The van der Waals surface area contributed by atoms with Crippen LogP contribution in [0.1, 0.15) is 26.2 Å². The zero-order chi connectivity index (χ0) is 9.14. The molecule has 4 heteroatoms. The second-order valence-electron chi connectivity index (χ2n) is 3.24. The van der Waals surface area contributed by atoms with E-state index in [1.807, 2.05) is 0 Å². The number of carbonyl (C=O) groups excluding carboxylic acids is 1. The third-order valence-corrected chi connectivity index (χ3v) is 2.24. The molecule has 2 atom stereocenters. The van der Waals surface area contributed by atoms with Crippen molar-refractivity contribution in [3.63, 3.8) is 0 Å². The molecule has 68 valence electrons. The lowest BCUT2D eigenvalue weighted by Gasteiger charge is -2.35. The molecular weight excluding hydrogens is 158 g/mol. The van der Waals surface area contributed by atoms with Gasteiger partial charge in [0.25, 0.3) is 0 Å². The Kier molecular flexibility index (Phi) is 2.68. The number of carboxylic acid groups (broad SMARTS) is 1. The van der Waals surface area contributed by atoms with Crippen LogP contribution in [0.2, 0.25) is 0 Å². The molecule has 1 amide bonds. The van der Waals surface area contributed by atoms with Crippen LogP contribution in [-0.2, 0) is 9.59 Å². The first-order valence-electron chi connectivity index (χ1n) is 4.08. The number of rotatable bonds is 3. The molecule has 0 radical (unpaired) electrons. The fraction of sp³-hybridized carbons (Fsp3) is 0.750. The summed E-state index contributed by atoms with van der Waals surface area (Å²) < 4.78 is 0. The highest BCUT2D eigenvalue weighted by molar-refractivity contribution is 5.73. The minimum Gasteiger partial charge on any atom is -0.481 e. The largest absolute Gasteiger partial charge is 0.481 e. The first kappa shape index (κ1) is 9.03. The van der Waals surface area contributed by atoms with Gasteiger partial charge in [0.1, 0.15) is 0 Å². The standard InChI is InChI=1S/C8H13NO3/c1-5(10)9-7-3-2-6(7)4-8(11)12/h6-7H,2-4H2,1H3,(H,9,10)(H,11,12)/t6-,7-/m0/s1. The number of carbonyl (C=O) groups is 2.